The van der Waals surface area contributed by atoms with Crippen LogP contribution in [0.15, 0.2) is 30.3 Å². The van der Waals surface area contributed by atoms with Gasteiger partial charge in [-0.1, -0.05) is 18.2 Å². The minimum absolute atomic E-state index is 0.117. The number of anilines is 1. The molecule has 2 aromatic rings. The molecule has 0 aliphatic carbocycles. The van der Waals surface area contributed by atoms with Crippen molar-refractivity contribution in [3.63, 3.8) is 0 Å². The third kappa shape index (κ3) is 3.39. The highest BCUT2D eigenvalue weighted by atomic mass is 19.4. The molecule has 0 bridgehead atoms. The summed E-state index contributed by atoms with van der Waals surface area (Å²) in [6.45, 7) is 0.973. The number of hydrogen-bond donors (Lipinski definition) is 1. The van der Waals surface area contributed by atoms with Crippen molar-refractivity contribution in [1.29, 1.82) is 0 Å². The van der Waals surface area contributed by atoms with Gasteiger partial charge >= 0.3 is 6.18 Å². The zero-order valence-corrected chi connectivity index (χ0v) is 11.1. The van der Waals surface area contributed by atoms with Gasteiger partial charge in [-0.25, -0.2) is 4.98 Å². The predicted molar refractivity (Wildman–Crippen MR) is 73.8 cm³/mol. The van der Waals surface area contributed by atoms with Crippen LogP contribution in [0.25, 0.3) is 10.9 Å². The number of para-hydroxylation sites is 1. The molecule has 0 aliphatic rings. The highest BCUT2D eigenvalue weighted by molar-refractivity contribution is 5.81. The summed E-state index contributed by atoms with van der Waals surface area (Å²) in [5.74, 6) is 0.339. The van der Waals surface area contributed by atoms with Crippen LogP contribution in [0.5, 0.6) is 0 Å². The first kappa shape index (κ1) is 14.6. The summed E-state index contributed by atoms with van der Waals surface area (Å²) in [7, 11) is 0. The third-order valence-corrected chi connectivity index (χ3v) is 2.96. The molecule has 6 heteroatoms. The molecule has 1 aromatic carbocycles. The molecule has 2 N–H and O–H groups in total. The average molecular weight is 283 g/mol. The van der Waals surface area contributed by atoms with Gasteiger partial charge in [0, 0.05) is 18.5 Å². The van der Waals surface area contributed by atoms with E-state index in [0.29, 0.717) is 16.9 Å². The van der Waals surface area contributed by atoms with Crippen molar-refractivity contribution in [3.05, 3.63) is 35.9 Å². The predicted octanol–water partition coefficient (Wildman–Crippen LogP) is 2.87. The van der Waals surface area contributed by atoms with Crippen LogP contribution in [0, 0.1) is 6.92 Å². The maximum atomic E-state index is 12.7. The molecule has 0 atom stereocenters. The van der Waals surface area contributed by atoms with Crippen LogP contribution >= 0.6 is 0 Å². The molecule has 0 spiro atoms. The topological polar surface area (TPSA) is 42.2 Å². The van der Waals surface area contributed by atoms with E-state index in [4.69, 9.17) is 5.73 Å². The van der Waals surface area contributed by atoms with E-state index in [1.165, 1.54) is 4.90 Å². The second-order valence-electron chi connectivity index (χ2n) is 4.65. The Morgan fingerprint density at radius 3 is 2.60 bits per heavy atom. The van der Waals surface area contributed by atoms with E-state index < -0.39 is 12.7 Å². The highest BCUT2D eigenvalue weighted by Crippen LogP contribution is 2.26. The second kappa shape index (κ2) is 5.66. The highest BCUT2D eigenvalue weighted by Gasteiger charge is 2.31. The molecule has 2 rings (SSSR count). The number of aromatic nitrogens is 1. The Morgan fingerprint density at radius 1 is 1.25 bits per heavy atom. The fraction of sp³-hybridized carbons (Fsp3) is 0.357. The second-order valence-corrected chi connectivity index (χ2v) is 4.65. The number of halogens is 3. The van der Waals surface area contributed by atoms with Gasteiger partial charge in [-0.3, -0.25) is 0 Å². The van der Waals surface area contributed by atoms with Gasteiger partial charge in [0.05, 0.1) is 5.52 Å². The standard InChI is InChI=1S/C14H16F3N3/c1-10-8-11-4-2-3-5-12(11)19-13(10)20(7-6-18)9-14(15,16)17/h2-5,8H,6-7,9,18H2,1H3. The van der Waals surface area contributed by atoms with Crippen molar-refractivity contribution in [2.45, 2.75) is 13.1 Å². The van der Waals surface area contributed by atoms with E-state index >= 15 is 0 Å². The summed E-state index contributed by atoms with van der Waals surface area (Å²) in [6, 6.07) is 9.20. The molecular weight excluding hydrogens is 267 g/mol. The number of nitrogens with two attached hydrogens (primary N) is 1. The van der Waals surface area contributed by atoms with Crippen LogP contribution in [-0.4, -0.2) is 30.8 Å². The zero-order valence-electron chi connectivity index (χ0n) is 11.1. The van der Waals surface area contributed by atoms with Crippen molar-refractivity contribution in [2.75, 3.05) is 24.5 Å². The van der Waals surface area contributed by atoms with Crippen LogP contribution in [0.2, 0.25) is 0 Å². The maximum absolute atomic E-state index is 12.7. The lowest BCUT2D eigenvalue weighted by atomic mass is 10.1. The Kier molecular flexibility index (Phi) is 4.13. The normalized spacial score (nSPS) is 11.8. The first-order valence-corrected chi connectivity index (χ1v) is 6.29. The van der Waals surface area contributed by atoms with Crippen molar-refractivity contribution in [2.24, 2.45) is 5.73 Å². The monoisotopic (exact) mass is 283 g/mol. The van der Waals surface area contributed by atoms with Gasteiger partial charge in [-0.2, -0.15) is 13.2 Å². The van der Waals surface area contributed by atoms with E-state index in [-0.39, 0.29) is 13.1 Å². The number of benzene rings is 1. The molecule has 20 heavy (non-hydrogen) atoms. The summed E-state index contributed by atoms with van der Waals surface area (Å²) in [5.41, 5.74) is 6.80. The van der Waals surface area contributed by atoms with Crippen LogP contribution in [-0.2, 0) is 0 Å². The minimum Gasteiger partial charge on any atom is -0.346 e. The summed E-state index contributed by atoms with van der Waals surface area (Å²) < 4.78 is 38.0. The molecule has 0 radical (unpaired) electrons. The quantitative estimate of drug-likeness (QED) is 0.938. The average Bonchev–Trinajstić information content (AvgIpc) is 2.36. The van der Waals surface area contributed by atoms with Crippen molar-refractivity contribution >= 4 is 16.7 Å². The molecule has 1 heterocycles. The van der Waals surface area contributed by atoms with Gasteiger partial charge in [-0.15, -0.1) is 0 Å². The molecule has 0 unspecified atom stereocenters. The minimum atomic E-state index is -4.28. The number of nitrogens with zero attached hydrogens (tertiary/aromatic N) is 2. The number of pyridine rings is 1. The Balaban J connectivity index is 2.44. The third-order valence-electron chi connectivity index (χ3n) is 2.96. The molecule has 0 fully saturated rings. The molecule has 3 nitrogen and oxygen atoms in total. The van der Waals surface area contributed by atoms with Crippen molar-refractivity contribution in [3.8, 4) is 0 Å². The van der Waals surface area contributed by atoms with E-state index in [0.717, 1.165) is 5.39 Å². The first-order chi connectivity index (χ1) is 9.40. The number of aryl methyl sites for hydroxylation is 1. The molecule has 108 valence electrons. The Morgan fingerprint density at radius 2 is 1.95 bits per heavy atom. The number of alkyl halides is 3. The van der Waals surface area contributed by atoms with E-state index in [2.05, 4.69) is 4.98 Å². The van der Waals surface area contributed by atoms with Gasteiger partial charge < -0.3 is 10.6 Å². The van der Waals surface area contributed by atoms with Crippen molar-refractivity contribution < 1.29 is 13.2 Å². The van der Waals surface area contributed by atoms with Gasteiger partial charge in [0.15, 0.2) is 0 Å². The van der Waals surface area contributed by atoms with Gasteiger partial charge in [0.1, 0.15) is 12.4 Å². The fourth-order valence-corrected chi connectivity index (χ4v) is 2.16. The lowest BCUT2D eigenvalue weighted by Gasteiger charge is -2.26. The molecule has 0 aliphatic heterocycles. The maximum Gasteiger partial charge on any atom is 0.405 e. The molecular formula is C14H16F3N3. The van der Waals surface area contributed by atoms with E-state index in [1.54, 1.807) is 13.0 Å². The number of fused-ring (bicyclic) bond motifs is 1. The van der Waals surface area contributed by atoms with Crippen LogP contribution in [0.1, 0.15) is 5.56 Å². The van der Waals surface area contributed by atoms with Crippen molar-refractivity contribution in [1.82, 2.24) is 4.98 Å². The Hall–Kier alpha value is -1.82. The van der Waals surface area contributed by atoms with Gasteiger partial charge in [0.2, 0.25) is 0 Å². The molecule has 0 saturated heterocycles. The molecule has 0 amide bonds. The molecule has 1 aromatic heterocycles. The molecule has 0 saturated carbocycles. The van der Waals surface area contributed by atoms with Crippen LogP contribution < -0.4 is 10.6 Å². The Bertz CT molecular complexity index is 596. The summed E-state index contributed by atoms with van der Waals surface area (Å²) in [4.78, 5) is 5.53. The smallest absolute Gasteiger partial charge is 0.346 e. The number of hydrogen-bond acceptors (Lipinski definition) is 3. The Labute approximate surface area is 115 Å². The summed E-state index contributed by atoms with van der Waals surface area (Å²) in [6.07, 6.45) is -4.28. The van der Waals surface area contributed by atoms with Crippen LogP contribution in [0.4, 0.5) is 19.0 Å². The van der Waals surface area contributed by atoms with Gasteiger partial charge in [-0.05, 0) is 24.6 Å². The largest absolute Gasteiger partial charge is 0.405 e. The lowest BCUT2D eigenvalue weighted by molar-refractivity contribution is -0.119. The van der Waals surface area contributed by atoms with E-state index in [1.807, 2.05) is 24.3 Å². The van der Waals surface area contributed by atoms with E-state index in [9.17, 15) is 13.2 Å². The zero-order chi connectivity index (χ0) is 14.8. The lowest BCUT2D eigenvalue weighted by Crippen LogP contribution is -2.38. The fourth-order valence-electron chi connectivity index (χ4n) is 2.16. The first-order valence-electron chi connectivity index (χ1n) is 6.29. The van der Waals surface area contributed by atoms with Gasteiger partial charge in [0.25, 0.3) is 0 Å². The summed E-state index contributed by atoms with van der Waals surface area (Å²) >= 11 is 0. The SMILES string of the molecule is Cc1cc2ccccc2nc1N(CCN)CC(F)(F)F. The van der Waals surface area contributed by atoms with Crippen LogP contribution in [0.3, 0.4) is 0 Å². The summed E-state index contributed by atoms with van der Waals surface area (Å²) in [5, 5.41) is 0.911. The number of rotatable bonds is 4.